The van der Waals surface area contributed by atoms with E-state index in [4.69, 9.17) is 16.3 Å². The number of hydrogen-bond acceptors (Lipinski definition) is 4. The molecule has 0 aliphatic carbocycles. The first-order chi connectivity index (χ1) is 10.3. The fourth-order valence-electron chi connectivity index (χ4n) is 2.19. The molecule has 1 saturated heterocycles. The third kappa shape index (κ3) is 4.36. The highest BCUT2D eigenvalue weighted by Crippen LogP contribution is 2.21. The first-order valence-electron chi connectivity index (χ1n) is 7.17. The molecule has 1 heterocycles. The summed E-state index contributed by atoms with van der Waals surface area (Å²) in [5, 5.41) is 13.1. The van der Waals surface area contributed by atoms with Crippen molar-refractivity contribution in [2.24, 2.45) is 0 Å². The number of nitriles is 1. The second-order valence-corrected chi connectivity index (χ2v) is 6.80. The van der Waals surface area contributed by atoms with E-state index in [9.17, 15) is 10.1 Å². The quantitative estimate of drug-likeness (QED) is 0.929. The second-order valence-electron chi connectivity index (χ2n) is 6.37. The molecule has 1 aromatic carbocycles. The smallest absolute Gasteiger partial charge is 0.410 e. The van der Waals surface area contributed by atoms with E-state index in [2.05, 4.69) is 11.4 Å². The van der Waals surface area contributed by atoms with Gasteiger partial charge in [0, 0.05) is 24.2 Å². The molecule has 1 aromatic rings. The third-order valence-electron chi connectivity index (χ3n) is 3.25. The summed E-state index contributed by atoms with van der Waals surface area (Å²) in [6.07, 6.45) is -0.318. The first kappa shape index (κ1) is 16.6. The van der Waals surface area contributed by atoms with Gasteiger partial charge in [-0.15, -0.1) is 0 Å². The van der Waals surface area contributed by atoms with Gasteiger partial charge in [0.05, 0.1) is 6.07 Å². The molecule has 6 heteroatoms. The molecule has 1 N–H and O–H groups in total. The molecular weight excluding hydrogens is 302 g/mol. The summed E-state index contributed by atoms with van der Waals surface area (Å²) < 4.78 is 5.30. The summed E-state index contributed by atoms with van der Waals surface area (Å²) in [5.74, 6) is 0. The summed E-state index contributed by atoms with van der Waals surface area (Å²) in [7, 11) is 0. The highest BCUT2D eigenvalue weighted by Gasteiger charge is 2.34. The van der Waals surface area contributed by atoms with Crippen LogP contribution in [0.4, 0.5) is 4.79 Å². The number of carbonyl (C=O) groups excluding carboxylic acids is 1. The molecule has 5 nitrogen and oxygen atoms in total. The predicted molar refractivity (Wildman–Crippen MR) is 84.5 cm³/mol. The van der Waals surface area contributed by atoms with Crippen molar-refractivity contribution in [3.63, 3.8) is 0 Å². The zero-order valence-electron chi connectivity index (χ0n) is 13.0. The maximum absolute atomic E-state index is 11.8. The fraction of sp³-hybridized carbons (Fsp3) is 0.500. The van der Waals surface area contributed by atoms with Gasteiger partial charge in [-0.1, -0.05) is 23.7 Å². The predicted octanol–water partition coefficient (Wildman–Crippen LogP) is 3.11. The van der Waals surface area contributed by atoms with Crippen LogP contribution in [0.1, 0.15) is 32.4 Å². The Morgan fingerprint density at radius 3 is 2.73 bits per heavy atom. The van der Waals surface area contributed by atoms with Gasteiger partial charge in [-0.05, 0) is 38.5 Å². The highest BCUT2D eigenvalue weighted by molar-refractivity contribution is 6.30. The van der Waals surface area contributed by atoms with Crippen LogP contribution < -0.4 is 5.32 Å². The molecule has 1 aliphatic rings. The lowest BCUT2D eigenvalue weighted by Crippen LogP contribution is -2.60. The monoisotopic (exact) mass is 321 g/mol. The van der Waals surface area contributed by atoms with Crippen molar-refractivity contribution in [2.45, 2.75) is 38.5 Å². The van der Waals surface area contributed by atoms with Gasteiger partial charge in [-0.3, -0.25) is 5.32 Å². The van der Waals surface area contributed by atoms with Gasteiger partial charge in [-0.2, -0.15) is 5.26 Å². The minimum Gasteiger partial charge on any atom is -0.444 e. The van der Waals surface area contributed by atoms with Crippen molar-refractivity contribution in [1.29, 1.82) is 5.26 Å². The Hall–Kier alpha value is -1.77. The molecule has 1 unspecified atom stereocenters. The molecule has 118 valence electrons. The number of hydrogen-bond donors (Lipinski definition) is 1. The Bertz CT molecular complexity index is 586. The Labute approximate surface area is 135 Å². The molecular formula is C16H20ClN3O2. The molecule has 2 rings (SSSR count). The van der Waals surface area contributed by atoms with E-state index in [0.717, 1.165) is 5.56 Å². The van der Waals surface area contributed by atoms with Gasteiger partial charge in [0.25, 0.3) is 0 Å². The molecule has 0 spiro atoms. The zero-order chi connectivity index (χ0) is 16.3. The third-order valence-corrected chi connectivity index (χ3v) is 3.48. The summed E-state index contributed by atoms with van der Waals surface area (Å²) in [6, 6.07) is 9.08. The minimum atomic E-state index is -0.494. The summed E-state index contributed by atoms with van der Waals surface area (Å²) >= 11 is 5.95. The SMILES string of the molecule is CC(C)(C)OC(=O)N1CC(NC(C#N)c2cccc(Cl)c2)C1. The fourth-order valence-corrected chi connectivity index (χ4v) is 2.39. The van der Waals surface area contributed by atoms with E-state index in [-0.39, 0.29) is 12.1 Å². The van der Waals surface area contributed by atoms with Crippen molar-refractivity contribution < 1.29 is 9.53 Å². The lowest BCUT2D eigenvalue weighted by molar-refractivity contribution is 0.00475. The lowest BCUT2D eigenvalue weighted by Gasteiger charge is -2.41. The average Bonchev–Trinajstić information content (AvgIpc) is 2.35. The number of amides is 1. The zero-order valence-corrected chi connectivity index (χ0v) is 13.7. The van der Waals surface area contributed by atoms with Crippen LogP contribution in [0.2, 0.25) is 5.02 Å². The van der Waals surface area contributed by atoms with Gasteiger partial charge >= 0.3 is 6.09 Å². The number of rotatable bonds is 3. The van der Waals surface area contributed by atoms with Crippen LogP contribution in [-0.2, 0) is 4.74 Å². The highest BCUT2D eigenvalue weighted by atomic mass is 35.5. The van der Waals surface area contributed by atoms with Crippen molar-refractivity contribution in [1.82, 2.24) is 10.2 Å². The number of carbonyl (C=O) groups is 1. The molecule has 1 aliphatic heterocycles. The summed E-state index contributed by atoms with van der Waals surface area (Å²) in [5.41, 5.74) is 0.330. The van der Waals surface area contributed by atoms with Crippen molar-refractivity contribution >= 4 is 17.7 Å². The van der Waals surface area contributed by atoms with Crippen LogP contribution in [-0.4, -0.2) is 35.7 Å². The van der Waals surface area contributed by atoms with Crippen LogP contribution in [0, 0.1) is 11.3 Å². The van der Waals surface area contributed by atoms with Crippen LogP contribution in [0.15, 0.2) is 24.3 Å². The molecule has 1 amide bonds. The number of ether oxygens (including phenoxy) is 1. The van der Waals surface area contributed by atoms with Crippen molar-refractivity contribution in [3.05, 3.63) is 34.9 Å². The van der Waals surface area contributed by atoms with E-state index < -0.39 is 11.6 Å². The molecule has 0 bridgehead atoms. The van der Waals surface area contributed by atoms with E-state index in [1.807, 2.05) is 32.9 Å². The van der Waals surface area contributed by atoms with Crippen LogP contribution in [0.25, 0.3) is 0 Å². The maximum Gasteiger partial charge on any atom is 0.410 e. The topological polar surface area (TPSA) is 65.4 Å². The number of likely N-dealkylation sites (tertiary alicyclic amines) is 1. The standard InChI is InChI=1S/C16H20ClN3O2/c1-16(2,3)22-15(21)20-9-13(10-20)19-14(8-18)11-5-4-6-12(17)7-11/h4-7,13-14,19H,9-10H2,1-3H3. The van der Waals surface area contributed by atoms with Gasteiger partial charge in [0.15, 0.2) is 0 Å². The van der Waals surface area contributed by atoms with Crippen molar-refractivity contribution in [2.75, 3.05) is 13.1 Å². The van der Waals surface area contributed by atoms with Gasteiger partial charge in [-0.25, -0.2) is 4.79 Å². The molecule has 0 saturated carbocycles. The normalized spacial score (nSPS) is 16.6. The molecule has 1 fully saturated rings. The van der Waals surface area contributed by atoms with E-state index in [1.165, 1.54) is 0 Å². The lowest BCUT2D eigenvalue weighted by atomic mass is 10.0. The van der Waals surface area contributed by atoms with Crippen LogP contribution in [0.3, 0.4) is 0 Å². The first-order valence-corrected chi connectivity index (χ1v) is 7.55. The van der Waals surface area contributed by atoms with Gasteiger partial charge in [0.1, 0.15) is 11.6 Å². The summed E-state index contributed by atoms with van der Waals surface area (Å²) in [4.78, 5) is 13.5. The molecule has 0 aromatic heterocycles. The Balaban J connectivity index is 1.86. The summed E-state index contributed by atoms with van der Waals surface area (Å²) in [6.45, 7) is 6.59. The minimum absolute atomic E-state index is 0.0798. The van der Waals surface area contributed by atoms with E-state index in [1.54, 1.807) is 17.0 Å². The van der Waals surface area contributed by atoms with Crippen LogP contribution in [0.5, 0.6) is 0 Å². The molecule has 1 atom stereocenters. The van der Waals surface area contributed by atoms with Gasteiger partial charge in [0.2, 0.25) is 0 Å². The maximum atomic E-state index is 11.8. The average molecular weight is 322 g/mol. The Morgan fingerprint density at radius 1 is 1.50 bits per heavy atom. The second kappa shape index (κ2) is 6.55. The number of halogens is 1. The number of benzene rings is 1. The number of nitrogens with one attached hydrogen (secondary N) is 1. The molecule has 0 radical (unpaired) electrons. The Morgan fingerprint density at radius 2 is 2.18 bits per heavy atom. The van der Waals surface area contributed by atoms with E-state index in [0.29, 0.717) is 18.1 Å². The van der Waals surface area contributed by atoms with Crippen molar-refractivity contribution in [3.8, 4) is 6.07 Å². The molecule has 22 heavy (non-hydrogen) atoms. The largest absolute Gasteiger partial charge is 0.444 e. The van der Waals surface area contributed by atoms with Gasteiger partial charge < -0.3 is 9.64 Å². The van der Waals surface area contributed by atoms with E-state index >= 15 is 0 Å². The van der Waals surface area contributed by atoms with Crippen LogP contribution >= 0.6 is 11.6 Å². The number of nitrogens with zero attached hydrogens (tertiary/aromatic N) is 2. The Kier molecular flexibility index (Phi) is 4.94.